The lowest BCUT2D eigenvalue weighted by Gasteiger charge is -2.18. The molecule has 4 nitrogen and oxygen atoms in total. The van der Waals surface area contributed by atoms with E-state index in [-0.39, 0.29) is 0 Å². The highest BCUT2D eigenvalue weighted by Crippen LogP contribution is 2.35. The van der Waals surface area contributed by atoms with Gasteiger partial charge in [-0.1, -0.05) is 18.2 Å². The lowest BCUT2D eigenvalue weighted by atomic mass is 10.2. The van der Waals surface area contributed by atoms with Crippen LogP contribution in [0, 0.1) is 6.92 Å². The predicted octanol–water partition coefficient (Wildman–Crippen LogP) is 2.27. The highest BCUT2D eigenvalue weighted by molar-refractivity contribution is 7.94. The molecule has 3 rings (SSSR count). The van der Waals surface area contributed by atoms with Gasteiger partial charge in [-0.05, 0) is 36.6 Å². The van der Waals surface area contributed by atoms with E-state index in [0.29, 0.717) is 17.3 Å². The topological polar surface area (TPSA) is 63.4 Å². The van der Waals surface area contributed by atoms with Gasteiger partial charge >= 0.3 is 0 Å². The fraction of sp³-hybridized carbons (Fsp3) is 0.286. The van der Waals surface area contributed by atoms with Crippen molar-refractivity contribution in [3.05, 3.63) is 46.3 Å². The SMILES string of the molecule is Cc1cc(S(=O)(=O)N2CCc3ccccc32)sc1CN. The van der Waals surface area contributed by atoms with E-state index in [2.05, 4.69) is 0 Å². The Hall–Kier alpha value is -1.37. The highest BCUT2D eigenvalue weighted by atomic mass is 32.2. The summed E-state index contributed by atoms with van der Waals surface area (Å²) in [7, 11) is -3.47. The zero-order chi connectivity index (χ0) is 14.3. The summed E-state index contributed by atoms with van der Waals surface area (Å²) in [6, 6.07) is 9.39. The summed E-state index contributed by atoms with van der Waals surface area (Å²) in [4.78, 5) is 0.927. The Labute approximate surface area is 122 Å². The number of anilines is 1. The fourth-order valence-corrected chi connectivity index (χ4v) is 5.57. The molecular weight excluding hydrogens is 292 g/mol. The van der Waals surface area contributed by atoms with E-state index in [1.165, 1.54) is 15.6 Å². The molecule has 1 aromatic heterocycles. The van der Waals surface area contributed by atoms with Gasteiger partial charge in [0, 0.05) is 18.0 Å². The minimum atomic E-state index is -3.47. The number of rotatable bonds is 3. The summed E-state index contributed by atoms with van der Waals surface area (Å²) < 4.78 is 27.4. The van der Waals surface area contributed by atoms with E-state index in [9.17, 15) is 8.42 Å². The predicted molar refractivity (Wildman–Crippen MR) is 81.6 cm³/mol. The molecule has 0 aliphatic carbocycles. The first-order valence-electron chi connectivity index (χ1n) is 6.44. The Bertz CT molecular complexity index is 750. The van der Waals surface area contributed by atoms with Crippen LogP contribution in [0.1, 0.15) is 16.0 Å². The number of benzene rings is 1. The molecule has 6 heteroatoms. The molecule has 0 bridgehead atoms. The molecule has 0 atom stereocenters. The van der Waals surface area contributed by atoms with Crippen LogP contribution in [-0.4, -0.2) is 15.0 Å². The smallest absolute Gasteiger partial charge is 0.273 e. The van der Waals surface area contributed by atoms with Crippen molar-refractivity contribution in [2.24, 2.45) is 5.73 Å². The highest BCUT2D eigenvalue weighted by Gasteiger charge is 2.32. The van der Waals surface area contributed by atoms with Crippen LogP contribution in [0.15, 0.2) is 34.5 Å². The standard InChI is InChI=1S/C14H16N2O2S2/c1-10-8-14(19-13(10)9-15)20(17,18)16-7-6-11-4-2-3-5-12(11)16/h2-5,8H,6-7,9,15H2,1H3. The van der Waals surface area contributed by atoms with Crippen molar-refractivity contribution < 1.29 is 8.42 Å². The van der Waals surface area contributed by atoms with E-state index in [4.69, 9.17) is 5.73 Å². The third-order valence-electron chi connectivity index (χ3n) is 3.57. The molecular formula is C14H16N2O2S2. The maximum absolute atomic E-state index is 12.8. The zero-order valence-corrected chi connectivity index (χ0v) is 12.8. The lowest BCUT2D eigenvalue weighted by Crippen LogP contribution is -2.28. The number of hydrogen-bond donors (Lipinski definition) is 1. The van der Waals surface area contributed by atoms with E-state index >= 15 is 0 Å². The molecule has 0 amide bonds. The third-order valence-corrected chi connectivity index (χ3v) is 7.09. The summed E-state index contributed by atoms with van der Waals surface area (Å²) >= 11 is 1.27. The van der Waals surface area contributed by atoms with E-state index in [0.717, 1.165) is 28.1 Å². The van der Waals surface area contributed by atoms with Crippen molar-refractivity contribution in [3.8, 4) is 0 Å². The quantitative estimate of drug-likeness (QED) is 0.946. The molecule has 0 spiro atoms. The van der Waals surface area contributed by atoms with Crippen molar-refractivity contribution in [3.63, 3.8) is 0 Å². The van der Waals surface area contributed by atoms with Crippen LogP contribution in [0.5, 0.6) is 0 Å². The molecule has 2 N–H and O–H groups in total. The van der Waals surface area contributed by atoms with E-state index in [1.807, 2.05) is 31.2 Å². The normalized spacial score (nSPS) is 14.6. The molecule has 0 radical (unpaired) electrons. The summed E-state index contributed by atoms with van der Waals surface area (Å²) in [5.74, 6) is 0. The van der Waals surface area contributed by atoms with Gasteiger partial charge in [-0.2, -0.15) is 0 Å². The minimum Gasteiger partial charge on any atom is -0.326 e. The van der Waals surface area contributed by atoms with Crippen LogP contribution in [0.2, 0.25) is 0 Å². The maximum Gasteiger partial charge on any atom is 0.273 e. The molecule has 0 fully saturated rings. The summed E-state index contributed by atoms with van der Waals surface area (Å²) in [5.41, 5.74) is 8.47. The summed E-state index contributed by atoms with van der Waals surface area (Å²) in [6.45, 7) is 2.79. The molecule has 106 valence electrons. The average Bonchev–Trinajstić information content (AvgIpc) is 3.02. The van der Waals surface area contributed by atoms with Gasteiger partial charge in [0.2, 0.25) is 0 Å². The van der Waals surface area contributed by atoms with Gasteiger partial charge in [0.25, 0.3) is 10.0 Å². The van der Waals surface area contributed by atoms with Gasteiger partial charge in [0.15, 0.2) is 0 Å². The van der Waals surface area contributed by atoms with Crippen LogP contribution in [0.25, 0.3) is 0 Å². The lowest BCUT2D eigenvalue weighted by molar-refractivity contribution is 0.594. The van der Waals surface area contributed by atoms with Gasteiger partial charge in [-0.25, -0.2) is 8.42 Å². The van der Waals surface area contributed by atoms with Crippen molar-refractivity contribution >= 4 is 27.0 Å². The minimum absolute atomic E-state index is 0.378. The molecule has 2 aromatic rings. The number of thiophene rings is 1. The average molecular weight is 308 g/mol. The third kappa shape index (κ3) is 2.04. The number of para-hydroxylation sites is 1. The molecule has 1 aliphatic rings. The van der Waals surface area contributed by atoms with E-state index < -0.39 is 10.0 Å². The first kappa shape index (κ1) is 13.6. The van der Waals surface area contributed by atoms with Crippen molar-refractivity contribution in [1.82, 2.24) is 0 Å². The van der Waals surface area contributed by atoms with Gasteiger partial charge in [0.1, 0.15) is 4.21 Å². The van der Waals surface area contributed by atoms with Crippen molar-refractivity contribution in [2.45, 2.75) is 24.1 Å². The Morgan fingerprint density at radius 3 is 2.80 bits per heavy atom. The molecule has 1 aromatic carbocycles. The summed E-state index contributed by atoms with van der Waals surface area (Å²) in [5, 5.41) is 0. The second-order valence-electron chi connectivity index (χ2n) is 4.83. The molecule has 0 saturated heterocycles. The second-order valence-corrected chi connectivity index (χ2v) is 8.06. The van der Waals surface area contributed by atoms with Crippen LogP contribution < -0.4 is 10.0 Å². The number of fused-ring (bicyclic) bond motifs is 1. The van der Waals surface area contributed by atoms with Crippen LogP contribution in [0.3, 0.4) is 0 Å². The van der Waals surface area contributed by atoms with Gasteiger partial charge in [0.05, 0.1) is 5.69 Å². The van der Waals surface area contributed by atoms with Crippen LogP contribution in [-0.2, 0) is 23.0 Å². The number of hydrogen-bond acceptors (Lipinski definition) is 4. The number of aryl methyl sites for hydroxylation is 1. The maximum atomic E-state index is 12.8. The number of nitrogens with zero attached hydrogens (tertiary/aromatic N) is 1. The Morgan fingerprint density at radius 1 is 1.35 bits per heavy atom. The van der Waals surface area contributed by atoms with Gasteiger partial charge in [-0.15, -0.1) is 11.3 Å². The fourth-order valence-electron chi connectivity index (χ4n) is 2.48. The first-order valence-corrected chi connectivity index (χ1v) is 8.69. The molecule has 0 saturated carbocycles. The van der Waals surface area contributed by atoms with Crippen molar-refractivity contribution in [2.75, 3.05) is 10.8 Å². The number of sulfonamides is 1. The van der Waals surface area contributed by atoms with E-state index in [1.54, 1.807) is 6.07 Å². The Morgan fingerprint density at radius 2 is 2.10 bits per heavy atom. The monoisotopic (exact) mass is 308 g/mol. The number of nitrogens with two attached hydrogens (primary N) is 1. The first-order chi connectivity index (χ1) is 9.54. The molecule has 2 heterocycles. The Balaban J connectivity index is 2.05. The molecule has 1 aliphatic heterocycles. The zero-order valence-electron chi connectivity index (χ0n) is 11.2. The van der Waals surface area contributed by atoms with Crippen LogP contribution in [0.4, 0.5) is 5.69 Å². The Kier molecular flexibility index (Phi) is 3.32. The largest absolute Gasteiger partial charge is 0.326 e. The summed E-state index contributed by atoms with van der Waals surface area (Å²) in [6.07, 6.45) is 0.767. The second kappa shape index (κ2) is 4.87. The molecule has 20 heavy (non-hydrogen) atoms. The molecule has 0 unspecified atom stereocenters. The van der Waals surface area contributed by atoms with Gasteiger partial charge < -0.3 is 5.73 Å². The van der Waals surface area contributed by atoms with Crippen LogP contribution >= 0.6 is 11.3 Å². The van der Waals surface area contributed by atoms with Crippen molar-refractivity contribution in [1.29, 1.82) is 0 Å². The van der Waals surface area contributed by atoms with Gasteiger partial charge in [-0.3, -0.25) is 4.31 Å².